The highest BCUT2D eigenvalue weighted by Crippen LogP contribution is 2.37. The van der Waals surface area contributed by atoms with Gasteiger partial charge in [0, 0.05) is 6.04 Å². The molecule has 96 valence electrons. The number of carbonyl (C=O) groups is 1. The highest BCUT2D eigenvalue weighted by Gasteiger charge is 2.44. The van der Waals surface area contributed by atoms with Crippen LogP contribution in [0.4, 0.5) is 4.79 Å². The fourth-order valence-electron chi connectivity index (χ4n) is 2.15. The number of urea groups is 1. The third kappa shape index (κ3) is 1.74. The first-order valence-electron chi connectivity index (χ1n) is 5.88. The Balaban J connectivity index is 1.88. The Morgan fingerprint density at radius 2 is 2.28 bits per heavy atom. The average molecular weight is 250 g/mol. The van der Waals surface area contributed by atoms with Crippen molar-refractivity contribution >= 4 is 11.9 Å². The molecule has 1 fully saturated rings. The number of hydrogen-bond donors (Lipinski definition) is 2. The number of aliphatic imine (C=N–C) groups is 1. The normalized spacial score (nSPS) is 23.6. The van der Waals surface area contributed by atoms with Gasteiger partial charge in [0.1, 0.15) is 17.6 Å². The summed E-state index contributed by atoms with van der Waals surface area (Å²) in [7, 11) is 0. The molecule has 18 heavy (non-hydrogen) atoms. The summed E-state index contributed by atoms with van der Waals surface area (Å²) >= 11 is 0. The number of nitrogens with two attached hydrogens (primary N) is 1. The monoisotopic (exact) mass is 250 g/mol. The van der Waals surface area contributed by atoms with Crippen molar-refractivity contribution in [3.63, 3.8) is 0 Å². The molecule has 2 aliphatic rings. The zero-order valence-corrected chi connectivity index (χ0v) is 9.73. The lowest BCUT2D eigenvalue weighted by atomic mass is 10.2. The van der Waals surface area contributed by atoms with E-state index in [9.17, 15) is 4.79 Å². The van der Waals surface area contributed by atoms with Gasteiger partial charge in [0.25, 0.3) is 0 Å². The highest BCUT2D eigenvalue weighted by atomic mass is 16.3. The molecular weight excluding hydrogens is 236 g/mol. The van der Waals surface area contributed by atoms with Crippen molar-refractivity contribution in [1.29, 1.82) is 0 Å². The first-order chi connectivity index (χ1) is 8.70. The number of aromatic nitrogens is 3. The number of aliphatic hydroxyl groups excluding tert-OH is 1. The van der Waals surface area contributed by atoms with Gasteiger partial charge in [0.15, 0.2) is 0 Å². The standard InChI is InChI=1S/C10H14N6O2/c11-9-8(7-5-15(3-4-17)14-13-7)16(6-1-2-6)10(18)12-9/h5-6,8,17H,1-4H2,(H2,11,12,18). The summed E-state index contributed by atoms with van der Waals surface area (Å²) in [4.78, 5) is 17.2. The maximum atomic E-state index is 11.7. The largest absolute Gasteiger partial charge is 0.394 e. The SMILES string of the molecule is NC1=NC(=O)N(C2CC2)C1c1cn(CCO)nn1. The van der Waals surface area contributed by atoms with Gasteiger partial charge in [-0.25, -0.2) is 9.48 Å². The number of aliphatic hydroxyl groups is 1. The van der Waals surface area contributed by atoms with Crippen molar-refractivity contribution in [3.05, 3.63) is 11.9 Å². The van der Waals surface area contributed by atoms with E-state index in [1.54, 1.807) is 11.1 Å². The zero-order valence-electron chi connectivity index (χ0n) is 9.73. The van der Waals surface area contributed by atoms with E-state index in [0.717, 1.165) is 12.8 Å². The smallest absolute Gasteiger partial charge is 0.346 e. The number of amidine groups is 1. The van der Waals surface area contributed by atoms with E-state index in [4.69, 9.17) is 10.8 Å². The van der Waals surface area contributed by atoms with Gasteiger partial charge >= 0.3 is 6.03 Å². The molecule has 0 bridgehead atoms. The predicted octanol–water partition coefficient (Wildman–Crippen LogP) is -0.733. The van der Waals surface area contributed by atoms with Crippen LogP contribution >= 0.6 is 0 Å². The Kier molecular flexibility index (Phi) is 2.51. The van der Waals surface area contributed by atoms with Crippen molar-refractivity contribution < 1.29 is 9.90 Å². The van der Waals surface area contributed by atoms with Crippen LogP contribution in [0.5, 0.6) is 0 Å². The lowest BCUT2D eigenvalue weighted by molar-refractivity contribution is 0.202. The number of rotatable bonds is 4. The second-order valence-corrected chi connectivity index (χ2v) is 4.49. The minimum atomic E-state index is -0.405. The summed E-state index contributed by atoms with van der Waals surface area (Å²) in [5.74, 6) is 0.267. The van der Waals surface area contributed by atoms with E-state index in [-0.39, 0.29) is 24.5 Å². The number of hydrogen-bond acceptors (Lipinski definition) is 5. The molecule has 2 amide bonds. The van der Waals surface area contributed by atoms with Crippen LogP contribution in [-0.4, -0.2) is 49.5 Å². The molecule has 0 aromatic carbocycles. The van der Waals surface area contributed by atoms with Gasteiger partial charge < -0.3 is 15.7 Å². The second kappa shape index (κ2) is 4.05. The summed E-state index contributed by atoms with van der Waals surface area (Å²) < 4.78 is 1.52. The predicted molar refractivity (Wildman–Crippen MR) is 61.7 cm³/mol. The van der Waals surface area contributed by atoms with Crippen molar-refractivity contribution in [2.75, 3.05) is 6.61 Å². The zero-order chi connectivity index (χ0) is 12.7. The van der Waals surface area contributed by atoms with Gasteiger partial charge in [0.05, 0.1) is 19.3 Å². The van der Waals surface area contributed by atoms with Gasteiger partial charge in [-0.3, -0.25) is 0 Å². The van der Waals surface area contributed by atoms with Crippen molar-refractivity contribution in [2.24, 2.45) is 10.7 Å². The molecular formula is C10H14N6O2. The Morgan fingerprint density at radius 3 is 2.94 bits per heavy atom. The summed E-state index contributed by atoms with van der Waals surface area (Å²) in [5.41, 5.74) is 6.40. The third-order valence-corrected chi connectivity index (χ3v) is 3.11. The van der Waals surface area contributed by atoms with Crippen LogP contribution < -0.4 is 5.73 Å². The van der Waals surface area contributed by atoms with Crippen molar-refractivity contribution in [3.8, 4) is 0 Å². The number of carbonyl (C=O) groups excluding carboxylic acids is 1. The Morgan fingerprint density at radius 1 is 1.50 bits per heavy atom. The quantitative estimate of drug-likeness (QED) is 0.731. The van der Waals surface area contributed by atoms with Crippen LogP contribution in [0.3, 0.4) is 0 Å². The first kappa shape index (κ1) is 11.1. The van der Waals surface area contributed by atoms with E-state index in [1.807, 2.05) is 0 Å². The minimum Gasteiger partial charge on any atom is -0.394 e. The number of amides is 2. The molecule has 3 N–H and O–H groups in total. The molecule has 1 aromatic heterocycles. The van der Waals surface area contributed by atoms with Crippen LogP contribution in [-0.2, 0) is 6.54 Å². The van der Waals surface area contributed by atoms with E-state index in [0.29, 0.717) is 12.2 Å². The maximum absolute atomic E-state index is 11.7. The lowest BCUT2D eigenvalue weighted by Crippen LogP contribution is -2.35. The van der Waals surface area contributed by atoms with Crippen LogP contribution in [0.1, 0.15) is 24.6 Å². The number of nitrogens with zero attached hydrogens (tertiary/aromatic N) is 5. The highest BCUT2D eigenvalue weighted by molar-refractivity contribution is 6.03. The van der Waals surface area contributed by atoms with E-state index >= 15 is 0 Å². The van der Waals surface area contributed by atoms with Crippen LogP contribution in [0.15, 0.2) is 11.2 Å². The van der Waals surface area contributed by atoms with E-state index in [2.05, 4.69) is 15.3 Å². The van der Waals surface area contributed by atoms with Crippen molar-refractivity contribution in [1.82, 2.24) is 19.9 Å². The van der Waals surface area contributed by atoms with Crippen LogP contribution in [0, 0.1) is 0 Å². The van der Waals surface area contributed by atoms with Gasteiger partial charge in [0.2, 0.25) is 0 Å². The molecule has 1 aromatic rings. The molecule has 0 spiro atoms. The average Bonchev–Trinajstić information content (AvgIpc) is 2.98. The molecule has 3 rings (SSSR count). The van der Waals surface area contributed by atoms with Crippen LogP contribution in [0.25, 0.3) is 0 Å². The van der Waals surface area contributed by atoms with E-state index in [1.165, 1.54) is 4.68 Å². The molecule has 1 atom stereocenters. The molecule has 1 aliphatic heterocycles. The van der Waals surface area contributed by atoms with Gasteiger partial charge in [-0.1, -0.05) is 5.21 Å². The first-order valence-corrected chi connectivity index (χ1v) is 5.88. The van der Waals surface area contributed by atoms with Gasteiger partial charge in [-0.2, -0.15) is 4.99 Å². The molecule has 2 heterocycles. The second-order valence-electron chi connectivity index (χ2n) is 4.49. The summed E-state index contributed by atoms with van der Waals surface area (Å²) in [6.07, 6.45) is 3.66. The Bertz CT molecular complexity index is 506. The molecule has 8 heteroatoms. The molecule has 1 aliphatic carbocycles. The summed E-state index contributed by atoms with van der Waals surface area (Å²) in [6.45, 7) is 0.358. The fourth-order valence-corrected chi connectivity index (χ4v) is 2.15. The third-order valence-electron chi connectivity index (χ3n) is 3.11. The molecule has 1 unspecified atom stereocenters. The van der Waals surface area contributed by atoms with Gasteiger partial charge in [-0.15, -0.1) is 5.10 Å². The topological polar surface area (TPSA) is 110 Å². The van der Waals surface area contributed by atoms with Crippen molar-refractivity contribution in [2.45, 2.75) is 31.5 Å². The molecule has 0 saturated heterocycles. The van der Waals surface area contributed by atoms with E-state index < -0.39 is 6.04 Å². The summed E-state index contributed by atoms with van der Waals surface area (Å²) in [6, 6.07) is -0.482. The fraction of sp³-hybridized carbons (Fsp3) is 0.600. The molecule has 1 saturated carbocycles. The molecule has 0 radical (unpaired) electrons. The van der Waals surface area contributed by atoms with Gasteiger partial charge in [-0.05, 0) is 12.8 Å². The Labute approximate surface area is 103 Å². The summed E-state index contributed by atoms with van der Waals surface area (Å²) in [5, 5.41) is 16.7. The Hall–Kier alpha value is -1.96. The van der Waals surface area contributed by atoms with Crippen LogP contribution in [0.2, 0.25) is 0 Å². The minimum absolute atomic E-state index is 0.0116. The maximum Gasteiger partial charge on any atom is 0.346 e. The molecule has 8 nitrogen and oxygen atoms in total. The lowest BCUT2D eigenvalue weighted by Gasteiger charge is -2.21.